The molecule has 0 bridgehead atoms. The largest absolute Gasteiger partial charge is 0.378 e. The lowest BCUT2D eigenvalue weighted by molar-refractivity contribution is 0.0366. The number of ether oxygens (including phenoxy) is 1. The molecular formula is C15H23N5O. The van der Waals surface area contributed by atoms with Crippen LogP contribution in [0.3, 0.4) is 0 Å². The van der Waals surface area contributed by atoms with E-state index in [9.17, 15) is 0 Å². The predicted octanol–water partition coefficient (Wildman–Crippen LogP) is 1.37. The third-order valence-electron chi connectivity index (χ3n) is 3.94. The molecule has 21 heavy (non-hydrogen) atoms. The van der Waals surface area contributed by atoms with Crippen molar-refractivity contribution in [3.8, 4) is 0 Å². The van der Waals surface area contributed by atoms with Crippen molar-refractivity contribution in [3.63, 3.8) is 0 Å². The summed E-state index contributed by atoms with van der Waals surface area (Å²) in [5.41, 5.74) is 7.59. The van der Waals surface area contributed by atoms with E-state index >= 15 is 0 Å². The molecule has 0 atom stereocenters. The number of rotatable bonds is 5. The fourth-order valence-corrected chi connectivity index (χ4v) is 2.84. The minimum Gasteiger partial charge on any atom is -0.378 e. The molecule has 0 saturated carbocycles. The van der Waals surface area contributed by atoms with Crippen LogP contribution in [0.4, 0.5) is 5.82 Å². The second-order valence-electron chi connectivity index (χ2n) is 5.57. The van der Waals surface area contributed by atoms with Crippen LogP contribution in [0.1, 0.15) is 25.0 Å². The first-order valence-electron chi connectivity index (χ1n) is 7.65. The lowest BCUT2D eigenvalue weighted by atomic mass is 10.1. The van der Waals surface area contributed by atoms with E-state index in [4.69, 9.17) is 10.5 Å². The smallest absolute Gasteiger partial charge is 0.154 e. The minimum atomic E-state index is 0.360. The molecule has 2 aromatic heterocycles. The van der Waals surface area contributed by atoms with Crippen LogP contribution in [0.15, 0.2) is 18.5 Å². The Morgan fingerprint density at radius 3 is 2.95 bits per heavy atom. The molecule has 0 aliphatic carbocycles. The number of hydrogen-bond acceptors (Lipinski definition) is 5. The van der Waals surface area contributed by atoms with Gasteiger partial charge in [-0.3, -0.25) is 0 Å². The summed E-state index contributed by atoms with van der Waals surface area (Å²) in [6.45, 7) is 5.44. The number of hydrogen-bond donors (Lipinski definition) is 1. The van der Waals surface area contributed by atoms with Crippen molar-refractivity contribution in [2.45, 2.75) is 32.3 Å². The van der Waals surface area contributed by atoms with Gasteiger partial charge in [-0.1, -0.05) is 0 Å². The van der Waals surface area contributed by atoms with E-state index in [1.807, 2.05) is 23.8 Å². The fourth-order valence-electron chi connectivity index (χ4n) is 2.84. The molecular weight excluding hydrogens is 266 g/mol. The third kappa shape index (κ3) is 3.16. The predicted molar refractivity (Wildman–Crippen MR) is 82.6 cm³/mol. The van der Waals surface area contributed by atoms with Crippen LogP contribution >= 0.6 is 0 Å². The molecule has 1 aliphatic rings. The Labute approximate surface area is 124 Å². The number of nitrogens with two attached hydrogens (primary N) is 1. The number of anilines is 1. The number of nitrogens with zero attached hydrogens (tertiary/aromatic N) is 4. The van der Waals surface area contributed by atoms with Crippen molar-refractivity contribution in [2.24, 2.45) is 5.73 Å². The zero-order valence-corrected chi connectivity index (χ0v) is 12.5. The first kappa shape index (κ1) is 14.3. The normalized spacial score (nSPS) is 16.8. The summed E-state index contributed by atoms with van der Waals surface area (Å²) in [5.74, 6) is 1.03. The topological polar surface area (TPSA) is 68.7 Å². The van der Waals surface area contributed by atoms with Crippen LogP contribution in [0, 0.1) is 6.92 Å². The maximum Gasteiger partial charge on any atom is 0.154 e. The van der Waals surface area contributed by atoms with Gasteiger partial charge in [-0.2, -0.15) is 5.10 Å². The van der Waals surface area contributed by atoms with Crippen LogP contribution in [0.2, 0.25) is 0 Å². The summed E-state index contributed by atoms with van der Waals surface area (Å²) in [6, 6.07) is 2.09. The Bertz CT molecular complexity index is 589. The zero-order chi connectivity index (χ0) is 14.7. The molecule has 0 aromatic carbocycles. The monoisotopic (exact) mass is 289 g/mol. The zero-order valence-electron chi connectivity index (χ0n) is 12.5. The van der Waals surface area contributed by atoms with Crippen molar-refractivity contribution in [2.75, 3.05) is 31.1 Å². The average molecular weight is 289 g/mol. The van der Waals surface area contributed by atoms with Crippen molar-refractivity contribution in [1.29, 1.82) is 0 Å². The van der Waals surface area contributed by atoms with Gasteiger partial charge in [0, 0.05) is 32.1 Å². The maximum absolute atomic E-state index is 5.85. The summed E-state index contributed by atoms with van der Waals surface area (Å²) in [6.07, 6.45) is 7.10. The Morgan fingerprint density at radius 1 is 1.38 bits per heavy atom. The Balaban J connectivity index is 1.65. The van der Waals surface area contributed by atoms with Crippen molar-refractivity contribution < 1.29 is 4.74 Å². The molecule has 3 rings (SSSR count). The molecule has 114 valence electrons. The standard InChI is InChI=1S/C15H23N5O/c1-12-11-14-15(17-6-9-20(14)18-12)19-7-3-13(4-8-19)21-10-2-5-16/h6,9,11,13H,2-5,7-8,10,16H2,1H3. The van der Waals surface area contributed by atoms with E-state index in [1.165, 1.54) is 0 Å². The third-order valence-corrected chi connectivity index (χ3v) is 3.94. The first-order valence-corrected chi connectivity index (χ1v) is 7.65. The van der Waals surface area contributed by atoms with Gasteiger partial charge < -0.3 is 15.4 Å². The molecule has 3 heterocycles. The van der Waals surface area contributed by atoms with Crippen LogP contribution < -0.4 is 10.6 Å². The molecule has 1 saturated heterocycles. The fraction of sp³-hybridized carbons (Fsp3) is 0.600. The van der Waals surface area contributed by atoms with Gasteiger partial charge in [-0.25, -0.2) is 9.50 Å². The second kappa shape index (κ2) is 6.41. The lowest BCUT2D eigenvalue weighted by Gasteiger charge is -2.32. The van der Waals surface area contributed by atoms with Crippen LogP contribution in [-0.4, -0.2) is 46.9 Å². The average Bonchev–Trinajstić information content (AvgIpc) is 2.88. The van der Waals surface area contributed by atoms with E-state index in [0.29, 0.717) is 12.6 Å². The Hall–Kier alpha value is -1.66. The minimum absolute atomic E-state index is 0.360. The summed E-state index contributed by atoms with van der Waals surface area (Å²) < 4.78 is 7.76. The number of fused-ring (bicyclic) bond motifs is 1. The van der Waals surface area contributed by atoms with E-state index in [0.717, 1.165) is 56.0 Å². The number of aryl methyl sites for hydroxylation is 1. The first-order chi connectivity index (χ1) is 10.3. The van der Waals surface area contributed by atoms with E-state index in [1.54, 1.807) is 0 Å². The highest BCUT2D eigenvalue weighted by Crippen LogP contribution is 2.24. The Morgan fingerprint density at radius 2 is 2.19 bits per heavy atom. The SMILES string of the molecule is Cc1cc2c(N3CCC(OCCCN)CC3)nccn2n1. The molecule has 1 fully saturated rings. The van der Waals surface area contributed by atoms with Crippen LogP contribution in [-0.2, 0) is 4.74 Å². The van der Waals surface area contributed by atoms with Gasteiger partial charge in [-0.05, 0) is 38.8 Å². The highest BCUT2D eigenvalue weighted by molar-refractivity contribution is 5.69. The summed E-state index contributed by atoms with van der Waals surface area (Å²) in [7, 11) is 0. The van der Waals surface area contributed by atoms with Gasteiger partial charge in [0.1, 0.15) is 5.52 Å². The molecule has 6 heteroatoms. The van der Waals surface area contributed by atoms with Gasteiger partial charge in [-0.15, -0.1) is 0 Å². The highest BCUT2D eigenvalue weighted by atomic mass is 16.5. The number of aromatic nitrogens is 3. The van der Waals surface area contributed by atoms with Crippen molar-refractivity contribution in [3.05, 3.63) is 24.2 Å². The summed E-state index contributed by atoms with van der Waals surface area (Å²) in [5, 5.41) is 4.45. The highest BCUT2D eigenvalue weighted by Gasteiger charge is 2.22. The van der Waals surface area contributed by atoms with E-state index in [2.05, 4.69) is 21.0 Å². The Kier molecular flexibility index (Phi) is 4.36. The van der Waals surface area contributed by atoms with Crippen molar-refractivity contribution in [1.82, 2.24) is 14.6 Å². The molecule has 2 N–H and O–H groups in total. The second-order valence-corrected chi connectivity index (χ2v) is 5.57. The molecule has 2 aromatic rings. The quantitative estimate of drug-likeness (QED) is 0.842. The van der Waals surface area contributed by atoms with E-state index in [-0.39, 0.29) is 0 Å². The van der Waals surface area contributed by atoms with Gasteiger partial charge in [0.2, 0.25) is 0 Å². The summed E-state index contributed by atoms with van der Waals surface area (Å²) in [4.78, 5) is 6.88. The van der Waals surface area contributed by atoms with Gasteiger partial charge in [0.05, 0.1) is 11.8 Å². The van der Waals surface area contributed by atoms with Crippen molar-refractivity contribution >= 4 is 11.3 Å². The van der Waals surface area contributed by atoms with Gasteiger partial charge >= 0.3 is 0 Å². The molecule has 6 nitrogen and oxygen atoms in total. The maximum atomic E-state index is 5.85. The van der Waals surface area contributed by atoms with E-state index < -0.39 is 0 Å². The number of piperidine rings is 1. The molecule has 0 radical (unpaired) electrons. The molecule has 1 aliphatic heterocycles. The molecule has 0 unspecified atom stereocenters. The lowest BCUT2D eigenvalue weighted by Crippen LogP contribution is -2.38. The molecule has 0 amide bonds. The molecule has 0 spiro atoms. The van der Waals surface area contributed by atoms with Crippen LogP contribution in [0.5, 0.6) is 0 Å². The van der Waals surface area contributed by atoms with Gasteiger partial charge in [0.15, 0.2) is 5.82 Å². The van der Waals surface area contributed by atoms with Gasteiger partial charge in [0.25, 0.3) is 0 Å². The van der Waals surface area contributed by atoms with Crippen LogP contribution in [0.25, 0.3) is 5.52 Å². The summed E-state index contributed by atoms with van der Waals surface area (Å²) >= 11 is 0.